The molecule has 0 radical (unpaired) electrons. The summed E-state index contributed by atoms with van der Waals surface area (Å²) >= 11 is 6.03. The van der Waals surface area contributed by atoms with Crippen LogP contribution in [0, 0.1) is 5.92 Å². The minimum atomic E-state index is -4.39. The largest absolute Gasteiger partial charge is 0.389 e. The molecule has 1 saturated carbocycles. The van der Waals surface area contributed by atoms with E-state index in [1.165, 1.54) is 4.90 Å². The van der Waals surface area contributed by atoms with Crippen LogP contribution in [0.3, 0.4) is 0 Å². The highest BCUT2D eigenvalue weighted by Gasteiger charge is 2.35. The van der Waals surface area contributed by atoms with Gasteiger partial charge in [0, 0.05) is 62.3 Å². The average Bonchev–Trinajstić information content (AvgIpc) is 3.70. The van der Waals surface area contributed by atoms with Gasteiger partial charge in [0.25, 0.3) is 0 Å². The van der Waals surface area contributed by atoms with Crippen LogP contribution in [0.4, 0.5) is 18.9 Å². The zero-order valence-corrected chi connectivity index (χ0v) is 21.6. The molecule has 0 aromatic heterocycles. The van der Waals surface area contributed by atoms with Crippen LogP contribution in [0.5, 0.6) is 0 Å². The van der Waals surface area contributed by atoms with E-state index in [0.29, 0.717) is 37.6 Å². The van der Waals surface area contributed by atoms with Crippen LogP contribution >= 0.6 is 11.6 Å². The third-order valence-electron chi connectivity index (χ3n) is 6.89. The van der Waals surface area contributed by atoms with Crippen LogP contribution in [0.1, 0.15) is 49.7 Å². The Morgan fingerprint density at radius 2 is 1.59 bits per heavy atom. The second-order valence-electron chi connectivity index (χ2n) is 9.93. The fraction of sp³-hybridized carbons (Fsp3) is 0.500. The molecule has 0 unspecified atom stereocenters. The first-order chi connectivity index (χ1) is 17.7. The number of alkyl halides is 3. The number of fused-ring (bicyclic) bond motifs is 1. The van der Waals surface area contributed by atoms with E-state index in [0.717, 1.165) is 42.6 Å². The van der Waals surface area contributed by atoms with Crippen LogP contribution < -0.4 is 4.90 Å². The van der Waals surface area contributed by atoms with Gasteiger partial charge < -0.3 is 9.80 Å². The number of benzene rings is 2. The van der Waals surface area contributed by atoms with E-state index in [4.69, 9.17) is 11.6 Å². The van der Waals surface area contributed by atoms with Gasteiger partial charge in [0.1, 0.15) is 0 Å². The summed E-state index contributed by atoms with van der Waals surface area (Å²) in [7, 11) is 0. The Labute approximate surface area is 221 Å². The summed E-state index contributed by atoms with van der Waals surface area (Å²) in [5, 5.41) is 0.665. The molecule has 5 nitrogen and oxygen atoms in total. The summed E-state index contributed by atoms with van der Waals surface area (Å²) in [5.41, 5.74) is 2.64. The maximum atomic E-state index is 13.3. The van der Waals surface area contributed by atoms with E-state index < -0.39 is 24.9 Å². The number of para-hydroxylation sites is 1. The van der Waals surface area contributed by atoms with Crippen molar-refractivity contribution in [3.8, 4) is 0 Å². The average molecular weight is 536 g/mol. The van der Waals surface area contributed by atoms with Crippen molar-refractivity contribution in [1.82, 2.24) is 9.80 Å². The van der Waals surface area contributed by atoms with E-state index in [9.17, 15) is 22.8 Å². The van der Waals surface area contributed by atoms with Gasteiger partial charge in [-0.2, -0.15) is 13.2 Å². The third kappa shape index (κ3) is 8.20. The molecule has 0 N–H and O–H groups in total. The van der Waals surface area contributed by atoms with Crippen molar-refractivity contribution in [2.24, 2.45) is 5.92 Å². The van der Waals surface area contributed by atoms with Gasteiger partial charge in [-0.05, 0) is 55.0 Å². The molecule has 0 spiro atoms. The second-order valence-corrected chi connectivity index (χ2v) is 10.4. The Balaban J connectivity index is 1.58. The number of halogens is 4. The van der Waals surface area contributed by atoms with Crippen molar-refractivity contribution in [3.63, 3.8) is 0 Å². The van der Waals surface area contributed by atoms with Crippen LogP contribution in [0.25, 0.3) is 0 Å². The molecule has 2 amide bonds. The van der Waals surface area contributed by atoms with Crippen molar-refractivity contribution < 1.29 is 22.8 Å². The molecule has 4 rings (SSSR count). The van der Waals surface area contributed by atoms with Crippen LogP contribution in [0.15, 0.2) is 48.5 Å². The molecule has 200 valence electrons. The first-order valence-electron chi connectivity index (χ1n) is 12.9. The van der Waals surface area contributed by atoms with E-state index in [1.807, 2.05) is 53.4 Å². The number of anilines is 1. The minimum Gasteiger partial charge on any atom is -0.338 e. The summed E-state index contributed by atoms with van der Waals surface area (Å²) in [5.74, 6) is -0.409. The Morgan fingerprint density at radius 3 is 2.27 bits per heavy atom. The molecule has 1 fully saturated rings. The van der Waals surface area contributed by atoms with Crippen LogP contribution in [-0.2, 0) is 22.7 Å². The van der Waals surface area contributed by atoms with E-state index in [1.54, 1.807) is 0 Å². The number of amides is 2. The highest BCUT2D eigenvalue weighted by Crippen LogP contribution is 2.34. The highest BCUT2D eigenvalue weighted by atomic mass is 35.5. The SMILES string of the molecule is O=C(CCC(F)(F)F)N1CCCN(Cc2ccc(Cl)cc2)CCCN(C(=O)C2CC2)c2ccccc2C1. The molecule has 37 heavy (non-hydrogen) atoms. The molecule has 2 aromatic rings. The van der Waals surface area contributed by atoms with Gasteiger partial charge in [-0.3, -0.25) is 14.5 Å². The number of carbonyl (C=O) groups is 2. The summed E-state index contributed by atoms with van der Waals surface area (Å²) in [6, 6.07) is 15.1. The summed E-state index contributed by atoms with van der Waals surface area (Å²) < 4.78 is 38.6. The molecule has 1 aliphatic heterocycles. The smallest absolute Gasteiger partial charge is 0.338 e. The zero-order valence-electron chi connectivity index (χ0n) is 20.9. The molecule has 0 saturated heterocycles. The molecule has 0 atom stereocenters. The Morgan fingerprint density at radius 1 is 0.919 bits per heavy atom. The highest BCUT2D eigenvalue weighted by molar-refractivity contribution is 6.30. The molecule has 1 aliphatic carbocycles. The maximum Gasteiger partial charge on any atom is 0.389 e. The molecular formula is C28H33ClF3N3O2. The lowest BCUT2D eigenvalue weighted by Gasteiger charge is -2.32. The molecule has 0 bridgehead atoms. The lowest BCUT2D eigenvalue weighted by Crippen LogP contribution is -2.39. The fourth-order valence-electron chi connectivity index (χ4n) is 4.77. The summed E-state index contributed by atoms with van der Waals surface area (Å²) in [6.07, 6.45) is -2.93. The predicted molar refractivity (Wildman–Crippen MR) is 138 cm³/mol. The van der Waals surface area contributed by atoms with Gasteiger partial charge in [-0.15, -0.1) is 0 Å². The maximum absolute atomic E-state index is 13.3. The van der Waals surface area contributed by atoms with Crippen molar-refractivity contribution >= 4 is 29.1 Å². The summed E-state index contributed by atoms with van der Waals surface area (Å²) in [6.45, 7) is 3.19. The van der Waals surface area contributed by atoms with Gasteiger partial charge in [0.15, 0.2) is 0 Å². The molecule has 2 aliphatic rings. The third-order valence-corrected chi connectivity index (χ3v) is 7.14. The van der Waals surface area contributed by atoms with Crippen LogP contribution in [0.2, 0.25) is 5.02 Å². The molecule has 2 aromatic carbocycles. The Kier molecular flexibility index (Phi) is 9.13. The van der Waals surface area contributed by atoms with Crippen LogP contribution in [-0.4, -0.2) is 54.0 Å². The molecule has 1 heterocycles. The monoisotopic (exact) mass is 535 g/mol. The van der Waals surface area contributed by atoms with E-state index in [2.05, 4.69) is 4.90 Å². The predicted octanol–water partition coefficient (Wildman–Crippen LogP) is 6.05. The van der Waals surface area contributed by atoms with Gasteiger partial charge >= 0.3 is 6.18 Å². The lowest BCUT2D eigenvalue weighted by atomic mass is 10.1. The zero-order chi connectivity index (χ0) is 26.4. The first kappa shape index (κ1) is 27.5. The Hall–Kier alpha value is -2.58. The Bertz CT molecular complexity index is 1070. The van der Waals surface area contributed by atoms with E-state index >= 15 is 0 Å². The van der Waals surface area contributed by atoms with Crippen molar-refractivity contribution in [2.45, 2.75) is 57.8 Å². The van der Waals surface area contributed by atoms with Crippen molar-refractivity contribution in [1.29, 1.82) is 0 Å². The molecular weight excluding hydrogens is 503 g/mol. The number of carbonyl (C=O) groups excluding carboxylic acids is 2. The number of hydrogen-bond acceptors (Lipinski definition) is 3. The van der Waals surface area contributed by atoms with E-state index in [-0.39, 0.29) is 18.4 Å². The van der Waals surface area contributed by atoms with Gasteiger partial charge in [-0.1, -0.05) is 41.9 Å². The topological polar surface area (TPSA) is 43.9 Å². The lowest BCUT2D eigenvalue weighted by molar-refractivity contribution is -0.149. The quantitative estimate of drug-likeness (QED) is 0.468. The fourth-order valence-corrected chi connectivity index (χ4v) is 4.89. The van der Waals surface area contributed by atoms with Gasteiger partial charge in [0.2, 0.25) is 11.8 Å². The van der Waals surface area contributed by atoms with Crippen molar-refractivity contribution in [3.05, 3.63) is 64.7 Å². The second kappa shape index (κ2) is 12.3. The van der Waals surface area contributed by atoms with Gasteiger partial charge in [-0.25, -0.2) is 0 Å². The number of nitrogens with zero attached hydrogens (tertiary/aromatic N) is 3. The standard InChI is InChI=1S/C28H33ClF3N3O2/c29-24-11-7-21(8-12-24)19-33-15-3-17-34(26(36)13-14-28(30,31)32)20-23-5-1-2-6-25(23)35(18-4-16-33)27(37)22-9-10-22/h1-2,5-8,11-12,22H,3-4,9-10,13-20H2. The first-order valence-corrected chi connectivity index (χ1v) is 13.3. The van der Waals surface area contributed by atoms with Gasteiger partial charge in [0.05, 0.1) is 6.42 Å². The number of rotatable bonds is 5. The normalized spacial score (nSPS) is 18.1. The minimum absolute atomic E-state index is 0.0238. The molecule has 9 heteroatoms. The summed E-state index contributed by atoms with van der Waals surface area (Å²) in [4.78, 5) is 31.8. The number of hydrogen-bond donors (Lipinski definition) is 0. The van der Waals surface area contributed by atoms with Crippen molar-refractivity contribution in [2.75, 3.05) is 31.1 Å².